The SMILES string of the molecule is CC(C)(C)Oc1ccc(C[C@@H]2[C@H](O)[C@@H](O)[C@@H](Cc3ccc(OC(C)(C)C)cc3)N(Cc3cccc([N+](=O)[O-])c3)C(=O)N2Cc2cccc([N+](=O)[O-])c2)cc1. The predicted molar refractivity (Wildman–Crippen MR) is 203 cm³/mol. The van der Waals surface area contributed by atoms with Gasteiger partial charge in [0.1, 0.15) is 34.9 Å². The van der Waals surface area contributed by atoms with Crippen LogP contribution in [0.25, 0.3) is 0 Å². The van der Waals surface area contributed by atoms with Crippen LogP contribution in [-0.4, -0.2) is 71.4 Å². The van der Waals surface area contributed by atoms with Crippen LogP contribution in [0.5, 0.6) is 11.5 Å². The third kappa shape index (κ3) is 10.3. The number of aliphatic hydroxyl groups excluding tert-OH is 2. The number of rotatable bonds is 12. The summed E-state index contributed by atoms with van der Waals surface area (Å²) in [5.41, 5.74) is 1.22. The van der Waals surface area contributed by atoms with Gasteiger partial charge >= 0.3 is 6.03 Å². The Labute approximate surface area is 315 Å². The Morgan fingerprint density at radius 2 is 0.944 bits per heavy atom. The quantitative estimate of drug-likeness (QED) is 0.112. The van der Waals surface area contributed by atoms with E-state index in [9.17, 15) is 30.4 Å². The molecule has 1 heterocycles. The van der Waals surface area contributed by atoms with Crippen LogP contribution in [0, 0.1) is 20.2 Å². The van der Waals surface area contributed by atoms with Gasteiger partial charge in [0, 0.05) is 37.4 Å². The van der Waals surface area contributed by atoms with E-state index in [2.05, 4.69) is 0 Å². The minimum Gasteiger partial charge on any atom is -0.488 e. The van der Waals surface area contributed by atoms with Gasteiger partial charge in [0.2, 0.25) is 0 Å². The fourth-order valence-corrected chi connectivity index (χ4v) is 6.61. The second kappa shape index (κ2) is 16.2. The first-order valence-corrected chi connectivity index (χ1v) is 17.8. The van der Waals surface area contributed by atoms with Crippen LogP contribution in [0.3, 0.4) is 0 Å². The van der Waals surface area contributed by atoms with Crippen LogP contribution in [0.4, 0.5) is 16.2 Å². The Balaban J connectivity index is 1.59. The van der Waals surface area contributed by atoms with Gasteiger partial charge in [0.15, 0.2) is 0 Å². The average Bonchev–Trinajstić information content (AvgIpc) is 3.16. The largest absolute Gasteiger partial charge is 0.488 e. The highest BCUT2D eigenvalue weighted by Crippen LogP contribution is 2.32. The lowest BCUT2D eigenvalue weighted by atomic mass is 9.90. The van der Waals surface area contributed by atoms with E-state index in [1.165, 1.54) is 46.2 Å². The first-order chi connectivity index (χ1) is 25.4. The fourth-order valence-electron chi connectivity index (χ4n) is 6.61. The van der Waals surface area contributed by atoms with Gasteiger partial charge in [-0.1, -0.05) is 48.5 Å². The summed E-state index contributed by atoms with van der Waals surface area (Å²) in [4.78, 5) is 40.2. The van der Waals surface area contributed by atoms with E-state index in [-0.39, 0.29) is 37.3 Å². The number of amides is 2. The molecule has 5 rings (SSSR count). The molecule has 13 nitrogen and oxygen atoms in total. The minimum absolute atomic E-state index is 0.128. The second-order valence-electron chi connectivity index (χ2n) is 15.6. The van der Waals surface area contributed by atoms with Crippen molar-refractivity contribution in [3.05, 3.63) is 140 Å². The summed E-state index contributed by atoms with van der Waals surface area (Å²) < 4.78 is 12.0. The Morgan fingerprint density at radius 3 is 1.26 bits per heavy atom. The molecule has 0 radical (unpaired) electrons. The summed E-state index contributed by atoms with van der Waals surface area (Å²) in [5.74, 6) is 1.28. The van der Waals surface area contributed by atoms with Crippen LogP contribution in [0.15, 0.2) is 97.1 Å². The molecule has 2 N–H and O–H groups in total. The number of benzene rings is 4. The summed E-state index contributed by atoms with van der Waals surface area (Å²) in [6.45, 7) is 11.4. The Hall–Kier alpha value is -5.53. The number of carbonyl (C=O) groups is 1. The van der Waals surface area contributed by atoms with Gasteiger partial charge in [0.25, 0.3) is 11.4 Å². The van der Waals surface area contributed by atoms with Crippen molar-refractivity contribution in [2.24, 2.45) is 0 Å². The lowest BCUT2D eigenvalue weighted by Gasteiger charge is -2.36. The molecular weight excluding hydrogens is 692 g/mol. The maximum absolute atomic E-state index is 15.0. The maximum Gasteiger partial charge on any atom is 0.321 e. The summed E-state index contributed by atoms with van der Waals surface area (Å²) in [6, 6.07) is 23.9. The third-order valence-electron chi connectivity index (χ3n) is 8.96. The standard InChI is InChI=1S/C41H48N4O9/c1-40(2,3)53-33-17-13-27(14-18-33)23-35-37(46)38(47)36(24-28-15-19-34(20-16-28)54-41(4,5)6)43(26-30-10-8-12-32(22-30)45(51)52)39(48)42(35)25-29-9-7-11-31(21-29)44(49)50/h7-22,35-38,46-47H,23-26H2,1-6H3/t35-,36-,37+,38+/m1/s1. The van der Waals surface area contributed by atoms with E-state index in [1.807, 2.05) is 65.8 Å². The van der Waals surface area contributed by atoms with Crippen LogP contribution >= 0.6 is 0 Å². The molecule has 1 saturated heterocycles. The number of aliphatic hydroxyl groups is 2. The first kappa shape index (κ1) is 39.7. The van der Waals surface area contributed by atoms with E-state index in [1.54, 1.807) is 36.4 Å². The number of hydrogen-bond donors (Lipinski definition) is 2. The molecule has 1 aliphatic rings. The lowest BCUT2D eigenvalue weighted by Crippen LogP contribution is -2.50. The van der Waals surface area contributed by atoms with E-state index in [4.69, 9.17) is 9.47 Å². The van der Waals surface area contributed by atoms with Crippen molar-refractivity contribution in [3.8, 4) is 11.5 Å². The van der Waals surface area contributed by atoms with Crippen molar-refractivity contribution < 1.29 is 34.3 Å². The number of nitrogens with zero attached hydrogens (tertiary/aromatic N) is 4. The number of non-ortho nitro benzene ring substituents is 2. The zero-order valence-corrected chi connectivity index (χ0v) is 31.4. The van der Waals surface area contributed by atoms with Crippen LogP contribution in [0.2, 0.25) is 0 Å². The van der Waals surface area contributed by atoms with Crippen LogP contribution in [0.1, 0.15) is 63.8 Å². The molecule has 0 aromatic heterocycles. The number of urea groups is 1. The molecule has 4 atom stereocenters. The first-order valence-electron chi connectivity index (χ1n) is 17.8. The topological polar surface area (TPSA) is 169 Å². The molecule has 0 bridgehead atoms. The monoisotopic (exact) mass is 740 g/mol. The number of nitro benzene ring substituents is 2. The molecule has 54 heavy (non-hydrogen) atoms. The Bertz CT molecular complexity index is 1800. The molecule has 4 aromatic carbocycles. The van der Waals surface area contributed by atoms with Gasteiger partial charge in [-0.25, -0.2) is 4.79 Å². The van der Waals surface area contributed by atoms with Gasteiger partial charge in [-0.3, -0.25) is 20.2 Å². The summed E-state index contributed by atoms with van der Waals surface area (Å²) >= 11 is 0. The average molecular weight is 741 g/mol. The third-order valence-corrected chi connectivity index (χ3v) is 8.96. The van der Waals surface area contributed by atoms with Crippen molar-refractivity contribution >= 4 is 17.4 Å². The van der Waals surface area contributed by atoms with Crippen molar-refractivity contribution in [1.29, 1.82) is 0 Å². The Kier molecular flexibility index (Phi) is 11.9. The molecular formula is C41H48N4O9. The van der Waals surface area contributed by atoms with Crippen molar-refractivity contribution in [2.45, 2.75) is 103 Å². The van der Waals surface area contributed by atoms with Gasteiger partial charge in [-0.2, -0.15) is 0 Å². The molecule has 1 fully saturated rings. The summed E-state index contributed by atoms with van der Waals surface area (Å²) in [7, 11) is 0. The molecule has 0 saturated carbocycles. The van der Waals surface area contributed by atoms with Gasteiger partial charge < -0.3 is 29.5 Å². The van der Waals surface area contributed by atoms with E-state index < -0.39 is 51.4 Å². The van der Waals surface area contributed by atoms with Gasteiger partial charge in [-0.05, 0) is 101 Å². The van der Waals surface area contributed by atoms with Crippen molar-refractivity contribution in [3.63, 3.8) is 0 Å². The second-order valence-corrected chi connectivity index (χ2v) is 15.6. The minimum atomic E-state index is -1.47. The number of hydrogen-bond acceptors (Lipinski definition) is 9. The van der Waals surface area contributed by atoms with Gasteiger partial charge in [0.05, 0.1) is 21.9 Å². The summed E-state index contributed by atoms with van der Waals surface area (Å²) in [5, 5.41) is 47.6. The van der Waals surface area contributed by atoms with E-state index in [0.717, 1.165) is 11.1 Å². The zero-order chi connectivity index (χ0) is 39.4. The van der Waals surface area contributed by atoms with Crippen LogP contribution in [-0.2, 0) is 25.9 Å². The zero-order valence-electron chi connectivity index (χ0n) is 31.4. The smallest absolute Gasteiger partial charge is 0.321 e. The Morgan fingerprint density at radius 1 is 0.593 bits per heavy atom. The number of ether oxygens (including phenoxy) is 2. The molecule has 0 aliphatic carbocycles. The molecule has 0 spiro atoms. The maximum atomic E-state index is 15.0. The fraction of sp³-hybridized carbons (Fsp3) is 0.390. The predicted octanol–water partition coefficient (Wildman–Crippen LogP) is 7.24. The van der Waals surface area contributed by atoms with Crippen LogP contribution < -0.4 is 9.47 Å². The number of carbonyl (C=O) groups excluding carboxylic acids is 1. The summed E-state index contributed by atoms with van der Waals surface area (Å²) in [6.07, 6.45) is -2.68. The normalized spacial score (nSPS) is 19.3. The molecule has 1 aliphatic heterocycles. The van der Waals surface area contributed by atoms with Crippen molar-refractivity contribution in [2.75, 3.05) is 0 Å². The molecule has 286 valence electrons. The number of nitro groups is 2. The highest BCUT2D eigenvalue weighted by atomic mass is 16.6. The molecule has 13 heteroatoms. The molecule has 0 unspecified atom stereocenters. The molecule has 2 amide bonds. The highest BCUT2D eigenvalue weighted by Gasteiger charge is 2.46. The van der Waals surface area contributed by atoms with E-state index >= 15 is 4.79 Å². The van der Waals surface area contributed by atoms with E-state index in [0.29, 0.717) is 22.6 Å². The van der Waals surface area contributed by atoms with Crippen molar-refractivity contribution in [1.82, 2.24) is 9.80 Å². The van der Waals surface area contributed by atoms with Gasteiger partial charge in [-0.15, -0.1) is 0 Å². The molecule has 4 aromatic rings. The lowest BCUT2D eigenvalue weighted by molar-refractivity contribution is -0.385. The highest BCUT2D eigenvalue weighted by molar-refractivity contribution is 5.76.